The fourth-order valence-corrected chi connectivity index (χ4v) is 2.25. The maximum Gasteiger partial charge on any atom is 0.295 e. The summed E-state index contributed by atoms with van der Waals surface area (Å²) in [6, 6.07) is 17.8. The number of primary amides is 1. The predicted octanol–water partition coefficient (Wildman–Crippen LogP) is 3.55. The number of aromatic nitrogens is 1. The van der Waals surface area contributed by atoms with Crippen LogP contribution >= 0.6 is 0 Å². The second-order valence-corrected chi connectivity index (χ2v) is 5.13. The molecule has 1 aromatic heterocycles. The molecule has 7 nitrogen and oxygen atoms in total. The molecule has 0 aliphatic carbocycles. The summed E-state index contributed by atoms with van der Waals surface area (Å²) < 4.78 is 5.62. The third-order valence-corrected chi connectivity index (χ3v) is 3.45. The number of hydrogen-bond donors (Lipinski definition) is 1. The van der Waals surface area contributed by atoms with Gasteiger partial charge in [-0.25, -0.2) is 4.98 Å². The summed E-state index contributed by atoms with van der Waals surface area (Å²) >= 11 is 0. The second-order valence-electron chi connectivity index (χ2n) is 5.13. The lowest BCUT2D eigenvalue weighted by atomic mass is 10.1. The first-order chi connectivity index (χ1) is 12.0. The van der Waals surface area contributed by atoms with Crippen LogP contribution in [0.1, 0.15) is 10.4 Å². The molecule has 0 unspecified atom stereocenters. The van der Waals surface area contributed by atoms with Gasteiger partial charge in [0.15, 0.2) is 5.69 Å². The van der Waals surface area contributed by atoms with Crippen LogP contribution in [0.25, 0.3) is 11.3 Å². The molecule has 25 heavy (non-hydrogen) atoms. The summed E-state index contributed by atoms with van der Waals surface area (Å²) in [7, 11) is 0. The molecule has 0 saturated carbocycles. The summed E-state index contributed by atoms with van der Waals surface area (Å²) in [5.74, 6) is 0.105. The van der Waals surface area contributed by atoms with Gasteiger partial charge in [0.1, 0.15) is 5.75 Å². The van der Waals surface area contributed by atoms with Gasteiger partial charge >= 0.3 is 0 Å². The summed E-state index contributed by atoms with van der Waals surface area (Å²) in [5, 5.41) is 11.2. The number of amides is 1. The first-order valence-electron chi connectivity index (χ1n) is 7.33. The molecule has 0 fully saturated rings. The molecular formula is C18H13N3O4. The zero-order chi connectivity index (χ0) is 17.8. The van der Waals surface area contributed by atoms with E-state index in [0.29, 0.717) is 16.9 Å². The van der Waals surface area contributed by atoms with Crippen molar-refractivity contribution in [1.82, 2.24) is 4.98 Å². The monoisotopic (exact) mass is 335 g/mol. The molecule has 0 radical (unpaired) electrons. The Balaban J connectivity index is 1.95. The minimum atomic E-state index is -0.536. The minimum absolute atomic E-state index is 0.109. The molecule has 0 aliphatic rings. The van der Waals surface area contributed by atoms with Crippen molar-refractivity contribution in [1.29, 1.82) is 0 Å². The molecule has 1 heterocycles. The van der Waals surface area contributed by atoms with Gasteiger partial charge in [-0.1, -0.05) is 30.3 Å². The molecule has 124 valence electrons. The highest BCUT2D eigenvalue weighted by Gasteiger charge is 2.18. The maximum atomic E-state index is 11.2. The van der Waals surface area contributed by atoms with Crippen molar-refractivity contribution in [2.45, 2.75) is 0 Å². The molecule has 0 saturated heterocycles. The Morgan fingerprint density at radius 1 is 1.00 bits per heavy atom. The van der Waals surface area contributed by atoms with Crippen LogP contribution in [-0.4, -0.2) is 15.8 Å². The fourth-order valence-electron chi connectivity index (χ4n) is 2.25. The quantitative estimate of drug-likeness (QED) is 0.566. The van der Waals surface area contributed by atoms with Crippen LogP contribution < -0.4 is 10.5 Å². The van der Waals surface area contributed by atoms with Gasteiger partial charge in [-0.2, -0.15) is 0 Å². The summed E-state index contributed by atoms with van der Waals surface area (Å²) in [6.07, 6.45) is 0. The van der Waals surface area contributed by atoms with Crippen molar-refractivity contribution < 1.29 is 14.5 Å². The van der Waals surface area contributed by atoms with E-state index in [1.165, 1.54) is 24.3 Å². The Kier molecular flexibility index (Phi) is 4.38. The average molecular weight is 335 g/mol. The van der Waals surface area contributed by atoms with Crippen LogP contribution in [-0.2, 0) is 0 Å². The molecule has 0 spiro atoms. The molecule has 2 aromatic carbocycles. The minimum Gasteiger partial charge on any atom is -0.439 e. The highest BCUT2D eigenvalue weighted by molar-refractivity contribution is 5.92. The number of nitro groups is 1. The van der Waals surface area contributed by atoms with E-state index in [1.807, 2.05) is 6.07 Å². The van der Waals surface area contributed by atoms with Gasteiger partial charge in [0, 0.05) is 23.3 Å². The predicted molar refractivity (Wildman–Crippen MR) is 91.4 cm³/mol. The van der Waals surface area contributed by atoms with Crippen molar-refractivity contribution in [2.24, 2.45) is 5.73 Å². The van der Waals surface area contributed by atoms with E-state index < -0.39 is 10.8 Å². The molecule has 3 rings (SSSR count). The molecule has 2 N–H and O–H groups in total. The SMILES string of the molecule is NC(=O)c1ccc(Oc2ccc([N+](=O)[O-])c(-c3ccccc3)n2)cc1. The van der Waals surface area contributed by atoms with Crippen molar-refractivity contribution in [3.05, 3.63) is 82.4 Å². The number of benzene rings is 2. The molecule has 3 aromatic rings. The van der Waals surface area contributed by atoms with Gasteiger partial charge in [-0.05, 0) is 24.3 Å². The van der Waals surface area contributed by atoms with Crippen molar-refractivity contribution in [3.8, 4) is 22.9 Å². The van der Waals surface area contributed by atoms with E-state index >= 15 is 0 Å². The van der Waals surface area contributed by atoms with Gasteiger partial charge in [0.05, 0.1) is 4.92 Å². The number of pyridine rings is 1. The van der Waals surface area contributed by atoms with Crippen molar-refractivity contribution in [2.75, 3.05) is 0 Å². The van der Waals surface area contributed by atoms with E-state index in [9.17, 15) is 14.9 Å². The first-order valence-corrected chi connectivity index (χ1v) is 7.33. The molecule has 0 atom stereocenters. The molecule has 1 amide bonds. The van der Waals surface area contributed by atoms with E-state index in [-0.39, 0.29) is 17.3 Å². The van der Waals surface area contributed by atoms with Gasteiger partial charge in [0.2, 0.25) is 11.8 Å². The molecule has 0 bridgehead atoms. The van der Waals surface area contributed by atoms with E-state index in [4.69, 9.17) is 10.5 Å². The van der Waals surface area contributed by atoms with Crippen LogP contribution in [0.2, 0.25) is 0 Å². The largest absolute Gasteiger partial charge is 0.439 e. The zero-order valence-electron chi connectivity index (χ0n) is 13.0. The van der Waals surface area contributed by atoms with Crippen molar-refractivity contribution in [3.63, 3.8) is 0 Å². The Morgan fingerprint density at radius 3 is 2.28 bits per heavy atom. The number of hydrogen-bond acceptors (Lipinski definition) is 5. The average Bonchev–Trinajstić information content (AvgIpc) is 2.62. The lowest BCUT2D eigenvalue weighted by molar-refractivity contribution is -0.384. The normalized spacial score (nSPS) is 10.2. The summed E-state index contributed by atoms with van der Waals surface area (Å²) in [4.78, 5) is 26.1. The third-order valence-electron chi connectivity index (χ3n) is 3.45. The van der Waals surface area contributed by atoms with E-state index in [1.54, 1.807) is 36.4 Å². The number of nitrogens with zero attached hydrogens (tertiary/aromatic N) is 2. The van der Waals surface area contributed by atoms with Crippen LogP contribution in [0.4, 0.5) is 5.69 Å². The Hall–Kier alpha value is -3.74. The summed E-state index contributed by atoms with van der Waals surface area (Å²) in [5.41, 5.74) is 6.27. The van der Waals surface area contributed by atoms with Gasteiger partial charge in [-0.15, -0.1) is 0 Å². The smallest absolute Gasteiger partial charge is 0.295 e. The second kappa shape index (κ2) is 6.79. The van der Waals surface area contributed by atoms with Crippen LogP contribution in [0, 0.1) is 10.1 Å². The van der Waals surface area contributed by atoms with Crippen molar-refractivity contribution >= 4 is 11.6 Å². The van der Waals surface area contributed by atoms with Gasteiger partial charge < -0.3 is 10.5 Å². The van der Waals surface area contributed by atoms with Crippen LogP contribution in [0.5, 0.6) is 11.6 Å². The maximum absolute atomic E-state index is 11.2. The van der Waals surface area contributed by atoms with E-state index in [2.05, 4.69) is 4.98 Å². The topological polar surface area (TPSA) is 108 Å². The lowest BCUT2D eigenvalue weighted by Crippen LogP contribution is -2.10. The standard InChI is InChI=1S/C18H13N3O4/c19-18(22)13-6-8-14(9-7-13)25-16-11-10-15(21(23)24)17(20-16)12-4-2-1-3-5-12/h1-11H,(H2,19,22). The lowest BCUT2D eigenvalue weighted by Gasteiger charge is -2.08. The Bertz CT molecular complexity index is 925. The molecule has 0 aliphatic heterocycles. The van der Waals surface area contributed by atoms with Crippen LogP contribution in [0.15, 0.2) is 66.7 Å². The van der Waals surface area contributed by atoms with E-state index in [0.717, 1.165) is 0 Å². The number of rotatable bonds is 5. The number of ether oxygens (including phenoxy) is 1. The zero-order valence-corrected chi connectivity index (χ0v) is 13.0. The number of carbonyl (C=O) groups excluding carboxylic acids is 1. The Labute approximate surface area is 142 Å². The molecule has 7 heteroatoms. The highest BCUT2D eigenvalue weighted by Crippen LogP contribution is 2.31. The fraction of sp³-hybridized carbons (Fsp3) is 0. The summed E-state index contributed by atoms with van der Waals surface area (Å²) in [6.45, 7) is 0. The third kappa shape index (κ3) is 3.61. The Morgan fingerprint density at radius 2 is 1.68 bits per heavy atom. The number of carbonyl (C=O) groups is 1. The first kappa shape index (κ1) is 16.1. The molecular weight excluding hydrogens is 322 g/mol. The van der Waals surface area contributed by atoms with Gasteiger partial charge in [0.25, 0.3) is 5.69 Å². The van der Waals surface area contributed by atoms with Crippen LogP contribution in [0.3, 0.4) is 0 Å². The highest BCUT2D eigenvalue weighted by atomic mass is 16.6. The number of nitrogens with two attached hydrogens (primary N) is 1. The van der Waals surface area contributed by atoms with Gasteiger partial charge in [-0.3, -0.25) is 14.9 Å².